The number of aromatic nitrogens is 1. The quantitative estimate of drug-likeness (QED) is 0.645. The van der Waals surface area contributed by atoms with Gasteiger partial charge in [0.15, 0.2) is 5.96 Å². The van der Waals surface area contributed by atoms with Crippen LogP contribution in [0.3, 0.4) is 0 Å². The maximum Gasteiger partial charge on any atom is 0.191 e. The zero-order valence-corrected chi connectivity index (χ0v) is 14.9. The van der Waals surface area contributed by atoms with E-state index in [9.17, 15) is 0 Å². The first-order valence-corrected chi connectivity index (χ1v) is 9.18. The van der Waals surface area contributed by atoms with E-state index < -0.39 is 0 Å². The molecule has 1 aromatic rings. The zero-order chi connectivity index (χ0) is 15.9. The molecule has 1 saturated heterocycles. The van der Waals surface area contributed by atoms with Gasteiger partial charge in [-0.25, -0.2) is 4.98 Å². The molecule has 5 nitrogen and oxygen atoms in total. The molecule has 1 aliphatic rings. The summed E-state index contributed by atoms with van der Waals surface area (Å²) in [4.78, 5) is 13.8. The van der Waals surface area contributed by atoms with E-state index in [4.69, 9.17) is 5.73 Å². The van der Waals surface area contributed by atoms with Crippen LogP contribution in [0.1, 0.15) is 37.4 Å². The van der Waals surface area contributed by atoms with Gasteiger partial charge in [0.2, 0.25) is 0 Å². The van der Waals surface area contributed by atoms with Crippen LogP contribution in [0.5, 0.6) is 0 Å². The first kappa shape index (κ1) is 17.2. The molecule has 6 heteroatoms. The van der Waals surface area contributed by atoms with Crippen LogP contribution in [0.15, 0.2) is 10.4 Å². The monoisotopic (exact) mass is 323 g/mol. The molecule has 0 bridgehead atoms. The first-order valence-electron chi connectivity index (χ1n) is 8.30. The molecule has 22 heavy (non-hydrogen) atoms. The minimum Gasteiger partial charge on any atom is -0.370 e. The Labute approximate surface area is 138 Å². The molecular weight excluding hydrogens is 294 g/mol. The van der Waals surface area contributed by atoms with Crippen LogP contribution in [-0.2, 0) is 6.54 Å². The van der Waals surface area contributed by atoms with Crippen molar-refractivity contribution in [3.05, 3.63) is 16.1 Å². The van der Waals surface area contributed by atoms with Crippen LogP contribution in [0.4, 0.5) is 0 Å². The number of thiazole rings is 1. The van der Waals surface area contributed by atoms with Crippen molar-refractivity contribution in [2.24, 2.45) is 16.6 Å². The van der Waals surface area contributed by atoms with Crippen molar-refractivity contribution in [1.82, 2.24) is 14.8 Å². The zero-order valence-electron chi connectivity index (χ0n) is 14.1. The van der Waals surface area contributed by atoms with Crippen LogP contribution in [-0.4, -0.2) is 53.5 Å². The van der Waals surface area contributed by atoms with Crippen LogP contribution >= 0.6 is 11.3 Å². The number of guanidine groups is 1. The maximum atomic E-state index is 6.05. The largest absolute Gasteiger partial charge is 0.370 e. The second-order valence-electron chi connectivity index (χ2n) is 5.95. The van der Waals surface area contributed by atoms with Crippen molar-refractivity contribution < 1.29 is 0 Å². The number of hydrogen-bond acceptors (Lipinski definition) is 4. The van der Waals surface area contributed by atoms with Crippen molar-refractivity contribution in [2.75, 3.05) is 32.7 Å². The van der Waals surface area contributed by atoms with E-state index in [2.05, 4.69) is 45.9 Å². The minimum absolute atomic E-state index is 0.669. The molecule has 1 aromatic heterocycles. The summed E-state index contributed by atoms with van der Waals surface area (Å²) >= 11 is 1.74. The molecule has 1 fully saturated rings. The Morgan fingerprint density at radius 1 is 1.41 bits per heavy atom. The maximum absolute atomic E-state index is 6.05. The number of hydrogen-bond donors (Lipinski definition) is 1. The third kappa shape index (κ3) is 4.95. The first-order chi connectivity index (χ1) is 10.6. The van der Waals surface area contributed by atoms with Gasteiger partial charge in [-0.15, -0.1) is 11.3 Å². The lowest BCUT2D eigenvalue weighted by Gasteiger charge is -2.31. The van der Waals surface area contributed by atoms with Crippen molar-refractivity contribution in [2.45, 2.75) is 40.2 Å². The number of aryl methyl sites for hydroxylation is 1. The highest BCUT2D eigenvalue weighted by Gasteiger charge is 2.19. The van der Waals surface area contributed by atoms with Crippen molar-refractivity contribution in [1.29, 1.82) is 0 Å². The van der Waals surface area contributed by atoms with Crippen LogP contribution in [0.25, 0.3) is 0 Å². The fourth-order valence-electron chi connectivity index (χ4n) is 2.91. The van der Waals surface area contributed by atoms with E-state index in [0.29, 0.717) is 11.9 Å². The Hall–Kier alpha value is -1.14. The van der Waals surface area contributed by atoms with E-state index in [0.717, 1.165) is 44.3 Å². The topological polar surface area (TPSA) is 57.8 Å². The summed E-state index contributed by atoms with van der Waals surface area (Å²) in [5.74, 6) is 1.37. The number of nitrogens with zero attached hydrogens (tertiary/aromatic N) is 4. The predicted octanol–water partition coefficient (Wildman–Crippen LogP) is 2.32. The van der Waals surface area contributed by atoms with Crippen LogP contribution in [0, 0.1) is 12.8 Å². The molecule has 0 unspecified atom stereocenters. The molecule has 0 spiro atoms. The molecule has 0 aliphatic carbocycles. The molecule has 0 aromatic carbocycles. The molecule has 2 rings (SSSR count). The van der Waals surface area contributed by atoms with E-state index in [1.165, 1.54) is 18.5 Å². The third-order valence-corrected chi connectivity index (χ3v) is 5.18. The molecular formula is C16H29N5S. The standard InChI is InChI=1S/C16H29N5S/c1-4-21(5-2)16(17)18-10-14-6-8-20(9-7-14)11-15-12-22-13(3)19-15/h12,14H,4-11H2,1-3H3,(H2,17,18). The van der Waals surface area contributed by atoms with Gasteiger partial charge in [-0.3, -0.25) is 9.89 Å². The number of rotatable bonds is 6. The van der Waals surface area contributed by atoms with Gasteiger partial charge in [-0.05, 0) is 52.6 Å². The average Bonchev–Trinajstić information content (AvgIpc) is 2.93. The Bertz CT molecular complexity index is 473. The summed E-state index contributed by atoms with van der Waals surface area (Å²) in [5.41, 5.74) is 7.26. The summed E-state index contributed by atoms with van der Waals surface area (Å²) in [5, 5.41) is 3.34. The van der Waals surface area contributed by atoms with E-state index in [1.54, 1.807) is 11.3 Å². The fourth-order valence-corrected chi connectivity index (χ4v) is 3.51. The van der Waals surface area contributed by atoms with Crippen molar-refractivity contribution in [3.8, 4) is 0 Å². The van der Waals surface area contributed by atoms with Gasteiger partial charge in [0.1, 0.15) is 0 Å². The number of piperidine rings is 1. The van der Waals surface area contributed by atoms with E-state index in [-0.39, 0.29) is 0 Å². The summed E-state index contributed by atoms with van der Waals surface area (Å²) in [7, 11) is 0. The Balaban J connectivity index is 1.74. The lowest BCUT2D eigenvalue weighted by atomic mass is 9.97. The normalized spacial score (nSPS) is 17.9. The average molecular weight is 324 g/mol. The summed E-state index contributed by atoms with van der Waals surface area (Å²) < 4.78 is 0. The fraction of sp³-hybridized carbons (Fsp3) is 0.750. The lowest BCUT2D eigenvalue weighted by Crippen LogP contribution is -2.38. The van der Waals surface area contributed by atoms with Gasteiger partial charge < -0.3 is 10.6 Å². The van der Waals surface area contributed by atoms with Gasteiger partial charge in [0.25, 0.3) is 0 Å². The predicted molar refractivity (Wildman–Crippen MR) is 94.3 cm³/mol. The van der Waals surface area contributed by atoms with Crippen molar-refractivity contribution >= 4 is 17.3 Å². The highest BCUT2D eigenvalue weighted by molar-refractivity contribution is 7.09. The lowest BCUT2D eigenvalue weighted by molar-refractivity contribution is 0.179. The van der Waals surface area contributed by atoms with Crippen molar-refractivity contribution in [3.63, 3.8) is 0 Å². The molecule has 0 radical (unpaired) electrons. The molecule has 124 valence electrons. The Kier molecular flexibility index (Phi) is 6.64. The molecule has 0 amide bonds. The van der Waals surface area contributed by atoms with Gasteiger partial charge in [0.05, 0.1) is 10.7 Å². The van der Waals surface area contributed by atoms with Gasteiger partial charge in [-0.2, -0.15) is 0 Å². The van der Waals surface area contributed by atoms with E-state index in [1.807, 2.05) is 0 Å². The summed E-state index contributed by atoms with van der Waals surface area (Å²) in [6.45, 7) is 12.3. The highest BCUT2D eigenvalue weighted by atomic mass is 32.1. The Morgan fingerprint density at radius 3 is 2.64 bits per heavy atom. The van der Waals surface area contributed by atoms with Gasteiger partial charge in [0, 0.05) is 31.6 Å². The molecule has 0 atom stereocenters. The third-order valence-electron chi connectivity index (χ3n) is 4.36. The summed E-state index contributed by atoms with van der Waals surface area (Å²) in [6.07, 6.45) is 2.41. The summed E-state index contributed by atoms with van der Waals surface area (Å²) in [6, 6.07) is 0. The highest BCUT2D eigenvalue weighted by Crippen LogP contribution is 2.20. The van der Waals surface area contributed by atoms with Gasteiger partial charge in [-0.1, -0.05) is 0 Å². The second kappa shape index (κ2) is 8.48. The molecule has 0 saturated carbocycles. The molecule has 1 aliphatic heterocycles. The number of likely N-dealkylation sites (tertiary alicyclic amines) is 1. The SMILES string of the molecule is CCN(CC)C(N)=NCC1CCN(Cc2csc(C)n2)CC1. The second-order valence-corrected chi connectivity index (χ2v) is 7.01. The Morgan fingerprint density at radius 2 is 2.09 bits per heavy atom. The van der Waals surface area contributed by atoms with Crippen LogP contribution < -0.4 is 5.73 Å². The smallest absolute Gasteiger partial charge is 0.191 e. The molecule has 2 N–H and O–H groups in total. The molecule has 2 heterocycles. The minimum atomic E-state index is 0.669. The number of nitrogens with two attached hydrogens (primary N) is 1. The van der Waals surface area contributed by atoms with E-state index >= 15 is 0 Å². The number of aliphatic imine (C=N–C) groups is 1. The van der Waals surface area contributed by atoms with Gasteiger partial charge >= 0.3 is 0 Å². The van der Waals surface area contributed by atoms with Crippen LogP contribution in [0.2, 0.25) is 0 Å².